The molecule has 0 saturated heterocycles. The van der Waals surface area contributed by atoms with E-state index in [-0.39, 0.29) is 23.8 Å². The number of hydrogen-bond donors (Lipinski definition) is 0. The van der Waals surface area contributed by atoms with Crippen LogP contribution >= 0.6 is 11.8 Å². The number of nitrogens with zero attached hydrogens (tertiary/aromatic N) is 1. The molecule has 0 aliphatic heterocycles. The van der Waals surface area contributed by atoms with Gasteiger partial charge in [0.15, 0.2) is 12.4 Å². The Morgan fingerprint density at radius 1 is 1.12 bits per heavy atom. The number of carbonyl (C=O) groups is 2. The van der Waals surface area contributed by atoms with E-state index in [2.05, 4.69) is 0 Å². The summed E-state index contributed by atoms with van der Waals surface area (Å²) in [4.78, 5) is 34.6. The van der Waals surface area contributed by atoms with E-state index in [1.54, 1.807) is 42.5 Å². The summed E-state index contributed by atoms with van der Waals surface area (Å²) in [6.45, 7) is 2.01. The number of para-hydroxylation sites is 1. The normalized spacial score (nSPS) is 10.2. The summed E-state index contributed by atoms with van der Waals surface area (Å²) in [5.41, 5.74) is 0.336. The molecule has 0 aliphatic carbocycles. The minimum absolute atomic E-state index is 0.0734. The SMILES string of the molecule is CCOc1ccc(C(=O)COC(=O)CSc2ccccc2[N+](=O)[O-])cc1. The van der Waals surface area contributed by atoms with E-state index in [4.69, 9.17) is 9.47 Å². The van der Waals surface area contributed by atoms with E-state index in [0.29, 0.717) is 22.8 Å². The van der Waals surface area contributed by atoms with Crippen molar-refractivity contribution in [1.82, 2.24) is 0 Å². The molecule has 2 rings (SSSR count). The van der Waals surface area contributed by atoms with Crippen LogP contribution in [-0.4, -0.2) is 35.6 Å². The maximum atomic E-state index is 12.0. The Morgan fingerprint density at radius 3 is 2.46 bits per heavy atom. The maximum absolute atomic E-state index is 12.0. The van der Waals surface area contributed by atoms with Crippen LogP contribution in [0.3, 0.4) is 0 Å². The molecule has 0 N–H and O–H groups in total. The lowest BCUT2D eigenvalue weighted by Crippen LogP contribution is -2.15. The van der Waals surface area contributed by atoms with Crippen molar-refractivity contribution >= 4 is 29.2 Å². The number of ketones is 1. The number of esters is 1. The summed E-state index contributed by atoms with van der Waals surface area (Å²) in [7, 11) is 0. The monoisotopic (exact) mass is 375 g/mol. The molecular formula is C18H17NO6S. The van der Waals surface area contributed by atoms with Crippen molar-refractivity contribution in [3.63, 3.8) is 0 Å². The van der Waals surface area contributed by atoms with Gasteiger partial charge in [-0.2, -0.15) is 0 Å². The number of carbonyl (C=O) groups excluding carboxylic acids is 2. The van der Waals surface area contributed by atoms with E-state index >= 15 is 0 Å². The Morgan fingerprint density at radius 2 is 1.81 bits per heavy atom. The van der Waals surface area contributed by atoms with Gasteiger partial charge in [-0.25, -0.2) is 0 Å². The van der Waals surface area contributed by atoms with Crippen LogP contribution in [0.25, 0.3) is 0 Å². The summed E-state index contributed by atoms with van der Waals surface area (Å²) < 4.78 is 10.2. The van der Waals surface area contributed by atoms with Gasteiger partial charge in [0.1, 0.15) is 5.75 Å². The minimum atomic E-state index is -0.618. The summed E-state index contributed by atoms with van der Waals surface area (Å²) in [5, 5.41) is 10.9. The van der Waals surface area contributed by atoms with Gasteiger partial charge in [0.25, 0.3) is 5.69 Å². The zero-order chi connectivity index (χ0) is 18.9. The fourth-order valence-electron chi connectivity index (χ4n) is 2.04. The maximum Gasteiger partial charge on any atom is 0.316 e. The fraction of sp³-hybridized carbons (Fsp3) is 0.222. The lowest BCUT2D eigenvalue weighted by molar-refractivity contribution is -0.387. The predicted octanol–water partition coefficient (Wildman–Crippen LogP) is 3.51. The number of Topliss-reactive ketones (excluding diaryl/α,β-unsaturated/α-hetero) is 1. The van der Waals surface area contributed by atoms with Gasteiger partial charge in [0.05, 0.1) is 22.2 Å². The molecule has 0 spiro atoms. The lowest BCUT2D eigenvalue weighted by Gasteiger charge is -2.06. The van der Waals surface area contributed by atoms with Crippen molar-refractivity contribution < 1.29 is 24.0 Å². The van der Waals surface area contributed by atoms with Gasteiger partial charge >= 0.3 is 5.97 Å². The number of ether oxygens (including phenoxy) is 2. The first-order chi connectivity index (χ1) is 12.5. The van der Waals surface area contributed by atoms with Crippen molar-refractivity contribution in [2.24, 2.45) is 0 Å². The van der Waals surface area contributed by atoms with Crippen molar-refractivity contribution in [3.05, 3.63) is 64.2 Å². The second-order valence-corrected chi connectivity index (χ2v) is 6.07. The predicted molar refractivity (Wildman–Crippen MR) is 96.7 cm³/mol. The van der Waals surface area contributed by atoms with Crippen LogP contribution in [0.1, 0.15) is 17.3 Å². The molecule has 8 heteroatoms. The second-order valence-electron chi connectivity index (χ2n) is 5.05. The van der Waals surface area contributed by atoms with Crippen molar-refractivity contribution in [2.75, 3.05) is 19.0 Å². The minimum Gasteiger partial charge on any atom is -0.494 e. The summed E-state index contributed by atoms with van der Waals surface area (Å²) in [6, 6.07) is 12.7. The number of benzene rings is 2. The van der Waals surface area contributed by atoms with Crippen LogP contribution < -0.4 is 4.74 Å². The molecule has 0 amide bonds. The third-order valence-electron chi connectivity index (χ3n) is 3.26. The molecule has 7 nitrogen and oxygen atoms in total. The van der Waals surface area contributed by atoms with Gasteiger partial charge in [-0.3, -0.25) is 19.7 Å². The quantitative estimate of drug-likeness (QED) is 0.217. The highest BCUT2D eigenvalue weighted by Crippen LogP contribution is 2.28. The topological polar surface area (TPSA) is 95.7 Å². The van der Waals surface area contributed by atoms with Crippen molar-refractivity contribution in [2.45, 2.75) is 11.8 Å². The second kappa shape index (κ2) is 9.57. The molecule has 0 bridgehead atoms. The van der Waals surface area contributed by atoms with Gasteiger partial charge in [-0.15, -0.1) is 11.8 Å². The van der Waals surface area contributed by atoms with Crippen LogP contribution in [0.15, 0.2) is 53.4 Å². The molecule has 0 unspecified atom stereocenters. The van der Waals surface area contributed by atoms with Gasteiger partial charge in [-0.1, -0.05) is 12.1 Å². The van der Waals surface area contributed by atoms with Crippen LogP contribution in [0, 0.1) is 10.1 Å². The summed E-state index contributed by atoms with van der Waals surface area (Å²) in [6.07, 6.45) is 0. The zero-order valence-electron chi connectivity index (χ0n) is 14.0. The summed E-state index contributed by atoms with van der Waals surface area (Å²) in [5.74, 6) is -0.423. The Bertz CT molecular complexity index is 791. The highest BCUT2D eigenvalue weighted by atomic mass is 32.2. The van der Waals surface area contributed by atoms with Gasteiger partial charge < -0.3 is 9.47 Å². The molecule has 2 aromatic carbocycles. The van der Waals surface area contributed by atoms with Crippen molar-refractivity contribution in [3.8, 4) is 5.75 Å². The molecule has 0 aliphatic rings. The van der Waals surface area contributed by atoms with E-state index in [0.717, 1.165) is 11.8 Å². The van der Waals surface area contributed by atoms with E-state index in [1.165, 1.54) is 6.07 Å². The highest BCUT2D eigenvalue weighted by Gasteiger charge is 2.16. The molecule has 0 aromatic heterocycles. The smallest absolute Gasteiger partial charge is 0.316 e. The Labute approximate surface area is 154 Å². The molecule has 0 saturated carbocycles. The number of nitro groups is 1. The average Bonchev–Trinajstić information content (AvgIpc) is 2.65. The van der Waals surface area contributed by atoms with Crippen LogP contribution in [0.5, 0.6) is 5.75 Å². The van der Waals surface area contributed by atoms with E-state index in [9.17, 15) is 19.7 Å². The molecule has 0 heterocycles. The third kappa shape index (κ3) is 5.59. The molecule has 26 heavy (non-hydrogen) atoms. The number of rotatable bonds is 9. The Balaban J connectivity index is 1.83. The first kappa shape index (κ1) is 19.5. The third-order valence-corrected chi connectivity index (χ3v) is 4.30. The molecular weight excluding hydrogens is 358 g/mol. The first-order valence-electron chi connectivity index (χ1n) is 7.79. The molecule has 0 fully saturated rings. The van der Waals surface area contributed by atoms with Crippen molar-refractivity contribution in [1.29, 1.82) is 0 Å². The van der Waals surface area contributed by atoms with E-state index < -0.39 is 10.9 Å². The van der Waals surface area contributed by atoms with E-state index in [1.807, 2.05) is 6.92 Å². The zero-order valence-corrected chi connectivity index (χ0v) is 14.9. The molecule has 0 radical (unpaired) electrons. The molecule has 0 atom stereocenters. The van der Waals surface area contributed by atoms with Gasteiger partial charge in [0, 0.05) is 11.6 Å². The van der Waals surface area contributed by atoms with Crippen LogP contribution in [0.4, 0.5) is 5.69 Å². The van der Waals surface area contributed by atoms with Gasteiger partial charge in [-0.05, 0) is 37.3 Å². The molecule has 2 aromatic rings. The number of nitro benzene ring substituents is 1. The van der Waals surface area contributed by atoms with Crippen LogP contribution in [0.2, 0.25) is 0 Å². The Kier molecular flexibility index (Phi) is 7.16. The molecule has 136 valence electrons. The Hall–Kier alpha value is -2.87. The largest absolute Gasteiger partial charge is 0.494 e. The van der Waals surface area contributed by atoms with Gasteiger partial charge in [0.2, 0.25) is 0 Å². The average molecular weight is 375 g/mol. The number of hydrogen-bond acceptors (Lipinski definition) is 7. The fourth-order valence-corrected chi connectivity index (χ4v) is 2.86. The standard InChI is InChI=1S/C18H17NO6S/c1-2-24-14-9-7-13(8-10-14)16(20)11-25-18(21)12-26-17-6-4-3-5-15(17)19(22)23/h3-10H,2,11-12H2,1H3. The summed E-state index contributed by atoms with van der Waals surface area (Å²) >= 11 is 0.994. The van der Waals surface area contributed by atoms with Crippen LogP contribution in [-0.2, 0) is 9.53 Å². The lowest BCUT2D eigenvalue weighted by atomic mass is 10.1. The highest BCUT2D eigenvalue weighted by molar-refractivity contribution is 8.00. The number of thioether (sulfide) groups is 1. The first-order valence-corrected chi connectivity index (χ1v) is 8.77.